The molecule has 1 aliphatic rings. The van der Waals surface area contributed by atoms with Crippen molar-refractivity contribution in [2.45, 2.75) is 51.6 Å². The zero-order valence-corrected chi connectivity index (χ0v) is 19.4. The van der Waals surface area contributed by atoms with Gasteiger partial charge in [-0.15, -0.1) is 31.7 Å². The van der Waals surface area contributed by atoms with Gasteiger partial charge in [0.2, 0.25) is 11.0 Å². The molecule has 4 aromatic rings. The summed E-state index contributed by atoms with van der Waals surface area (Å²) >= 11 is 4.53. The van der Waals surface area contributed by atoms with Crippen molar-refractivity contribution in [3.63, 3.8) is 0 Å². The van der Waals surface area contributed by atoms with E-state index in [1.165, 1.54) is 40.0 Å². The molecule has 1 aliphatic carbocycles. The molecule has 0 aliphatic heterocycles. The fourth-order valence-corrected chi connectivity index (χ4v) is 6.60. The Morgan fingerprint density at radius 3 is 2.90 bits per heavy atom. The molecule has 1 N–H and O–H groups in total. The second-order valence-electron chi connectivity index (χ2n) is 7.52. The van der Waals surface area contributed by atoms with E-state index in [4.69, 9.17) is 4.98 Å². The molecular weight excluding hydrogens is 438 g/mol. The molecular formula is C19H21N7OS3. The summed E-state index contributed by atoms with van der Waals surface area (Å²) in [4.78, 5) is 19.8. The number of hydrogen-bond donors (Lipinski definition) is 1. The minimum Gasteiger partial charge on any atom is -0.300 e. The van der Waals surface area contributed by atoms with Crippen LogP contribution < -0.4 is 5.32 Å². The monoisotopic (exact) mass is 459 g/mol. The molecule has 0 spiro atoms. The summed E-state index contributed by atoms with van der Waals surface area (Å²) in [5.41, 5.74) is 2.26. The van der Waals surface area contributed by atoms with E-state index < -0.39 is 0 Å². The third-order valence-electron chi connectivity index (χ3n) is 5.26. The summed E-state index contributed by atoms with van der Waals surface area (Å²) < 4.78 is 2.03. The Morgan fingerprint density at radius 2 is 2.13 bits per heavy atom. The average Bonchev–Trinajstić information content (AvgIpc) is 3.41. The van der Waals surface area contributed by atoms with E-state index in [1.807, 2.05) is 11.3 Å². The van der Waals surface area contributed by atoms with Gasteiger partial charge in [-0.1, -0.05) is 36.9 Å². The average molecular weight is 460 g/mol. The first-order valence-electron chi connectivity index (χ1n) is 9.94. The van der Waals surface area contributed by atoms with Crippen molar-refractivity contribution >= 4 is 61.3 Å². The molecule has 0 bridgehead atoms. The molecule has 30 heavy (non-hydrogen) atoms. The van der Waals surface area contributed by atoms with Crippen LogP contribution in [0.15, 0.2) is 5.16 Å². The van der Waals surface area contributed by atoms with Gasteiger partial charge < -0.3 is 0 Å². The minimum absolute atomic E-state index is 0.137. The van der Waals surface area contributed by atoms with Crippen molar-refractivity contribution in [2.24, 2.45) is 5.92 Å². The van der Waals surface area contributed by atoms with E-state index in [0.717, 1.165) is 46.0 Å². The van der Waals surface area contributed by atoms with Crippen molar-refractivity contribution in [3.8, 4) is 0 Å². The first-order valence-corrected chi connectivity index (χ1v) is 12.6. The first-order chi connectivity index (χ1) is 14.5. The topological polar surface area (TPSA) is 98.0 Å². The molecule has 0 radical (unpaired) electrons. The second-order valence-corrected chi connectivity index (χ2v) is 10.7. The smallest absolute Gasteiger partial charge is 0.236 e. The summed E-state index contributed by atoms with van der Waals surface area (Å²) in [5.74, 6) is 1.73. The molecule has 8 nitrogen and oxygen atoms in total. The zero-order valence-electron chi connectivity index (χ0n) is 16.9. The van der Waals surface area contributed by atoms with Gasteiger partial charge in [0.05, 0.1) is 11.1 Å². The highest BCUT2D eigenvalue weighted by molar-refractivity contribution is 7.99. The number of amides is 1. The summed E-state index contributed by atoms with van der Waals surface area (Å²) in [6, 6.07) is 0. The van der Waals surface area contributed by atoms with Gasteiger partial charge in [0, 0.05) is 11.3 Å². The lowest BCUT2D eigenvalue weighted by molar-refractivity contribution is -0.113. The number of fused-ring (bicyclic) bond motifs is 5. The predicted octanol–water partition coefficient (Wildman–Crippen LogP) is 3.92. The largest absolute Gasteiger partial charge is 0.300 e. The zero-order chi connectivity index (χ0) is 20.8. The van der Waals surface area contributed by atoms with E-state index >= 15 is 0 Å². The van der Waals surface area contributed by atoms with Crippen LogP contribution in [0.1, 0.15) is 41.5 Å². The molecule has 4 heterocycles. The molecule has 4 aromatic heterocycles. The number of nitrogens with zero attached hydrogens (tertiary/aromatic N) is 6. The minimum atomic E-state index is -0.137. The van der Waals surface area contributed by atoms with Crippen molar-refractivity contribution in [1.82, 2.24) is 29.8 Å². The molecule has 156 valence electrons. The Morgan fingerprint density at radius 1 is 1.27 bits per heavy atom. The number of carbonyl (C=O) groups excluding carboxylic acids is 1. The highest BCUT2D eigenvalue weighted by Crippen LogP contribution is 2.39. The van der Waals surface area contributed by atoms with E-state index in [2.05, 4.69) is 39.6 Å². The van der Waals surface area contributed by atoms with Crippen LogP contribution in [0, 0.1) is 12.8 Å². The number of aryl methyl sites for hydroxylation is 3. The molecule has 1 atom stereocenters. The maximum absolute atomic E-state index is 12.3. The Bertz CT molecular complexity index is 1260. The maximum Gasteiger partial charge on any atom is 0.236 e. The van der Waals surface area contributed by atoms with Crippen molar-refractivity contribution in [1.29, 1.82) is 0 Å². The van der Waals surface area contributed by atoms with Gasteiger partial charge in [-0.3, -0.25) is 14.5 Å². The highest BCUT2D eigenvalue weighted by atomic mass is 32.2. The van der Waals surface area contributed by atoms with Crippen molar-refractivity contribution in [3.05, 3.63) is 21.3 Å². The maximum atomic E-state index is 12.3. The van der Waals surface area contributed by atoms with E-state index in [1.54, 1.807) is 11.3 Å². The third-order valence-corrected chi connectivity index (χ3v) is 8.09. The van der Waals surface area contributed by atoms with Gasteiger partial charge in [-0.05, 0) is 37.7 Å². The lowest BCUT2D eigenvalue weighted by Gasteiger charge is -2.17. The van der Waals surface area contributed by atoms with Crippen LogP contribution in [0.5, 0.6) is 0 Å². The Labute approximate surface area is 185 Å². The molecule has 0 saturated heterocycles. The van der Waals surface area contributed by atoms with Gasteiger partial charge in [0.25, 0.3) is 0 Å². The quantitative estimate of drug-likeness (QED) is 0.452. The van der Waals surface area contributed by atoms with Crippen LogP contribution >= 0.6 is 34.4 Å². The normalized spacial score (nSPS) is 16.3. The highest BCUT2D eigenvalue weighted by Gasteiger charge is 2.25. The molecule has 0 fully saturated rings. The summed E-state index contributed by atoms with van der Waals surface area (Å²) in [6.07, 6.45) is 4.15. The Hall–Kier alpha value is -2.11. The number of rotatable bonds is 5. The number of thiophene rings is 1. The van der Waals surface area contributed by atoms with Crippen LogP contribution in [-0.4, -0.2) is 41.4 Å². The number of anilines is 1. The van der Waals surface area contributed by atoms with Crippen LogP contribution in [0.4, 0.5) is 5.13 Å². The van der Waals surface area contributed by atoms with E-state index in [9.17, 15) is 4.79 Å². The molecule has 11 heteroatoms. The van der Waals surface area contributed by atoms with Crippen LogP contribution in [0.25, 0.3) is 15.9 Å². The molecule has 1 amide bonds. The van der Waals surface area contributed by atoms with Gasteiger partial charge >= 0.3 is 0 Å². The molecule has 0 aromatic carbocycles. The number of carbonyl (C=O) groups is 1. The molecule has 0 saturated carbocycles. The fourth-order valence-electron chi connectivity index (χ4n) is 3.84. The van der Waals surface area contributed by atoms with E-state index in [-0.39, 0.29) is 11.7 Å². The lowest BCUT2D eigenvalue weighted by Crippen LogP contribution is -2.14. The first kappa shape index (κ1) is 19.8. The van der Waals surface area contributed by atoms with Crippen molar-refractivity contribution < 1.29 is 4.79 Å². The number of aromatic nitrogens is 6. The molecule has 5 rings (SSSR count). The van der Waals surface area contributed by atoms with Crippen molar-refractivity contribution in [2.75, 3.05) is 11.1 Å². The predicted molar refractivity (Wildman–Crippen MR) is 121 cm³/mol. The fraction of sp³-hybridized carbons (Fsp3) is 0.474. The number of hydrogen-bond acceptors (Lipinski definition) is 9. The number of nitrogens with one attached hydrogen (secondary N) is 1. The van der Waals surface area contributed by atoms with Gasteiger partial charge in [0.15, 0.2) is 10.8 Å². The summed E-state index contributed by atoms with van der Waals surface area (Å²) in [7, 11) is 0. The summed E-state index contributed by atoms with van der Waals surface area (Å²) in [5, 5.41) is 22.8. The molecule has 1 unspecified atom stereocenters. The van der Waals surface area contributed by atoms with Crippen LogP contribution in [0.2, 0.25) is 0 Å². The lowest BCUT2D eigenvalue weighted by atomic mass is 9.89. The van der Waals surface area contributed by atoms with E-state index in [0.29, 0.717) is 16.2 Å². The summed E-state index contributed by atoms with van der Waals surface area (Å²) in [6.45, 7) is 6.25. The second kappa shape index (κ2) is 7.86. The van der Waals surface area contributed by atoms with Gasteiger partial charge in [0.1, 0.15) is 15.7 Å². The number of thioether (sulfide) groups is 1. The SMILES string of the molecule is CCc1nc2sc3c(c2c2nnc(SCC(=O)Nc4nnc(C)s4)n12)CCC(C)C3. The third kappa shape index (κ3) is 3.48. The van der Waals surface area contributed by atoms with Crippen LogP contribution in [-0.2, 0) is 24.1 Å². The Balaban J connectivity index is 1.47. The van der Waals surface area contributed by atoms with Crippen LogP contribution in [0.3, 0.4) is 0 Å². The Kier molecular flexibility index (Phi) is 5.19. The van der Waals surface area contributed by atoms with Gasteiger partial charge in [-0.25, -0.2) is 4.98 Å². The van der Waals surface area contributed by atoms with Gasteiger partial charge in [-0.2, -0.15) is 0 Å². The standard InChI is InChI=1S/C19H21N7OS3/c1-4-13-20-17-15(11-6-5-9(2)7-12(11)30-17)16-23-25-19(26(13)16)28-8-14(27)21-18-24-22-10(3)29-18/h9H,4-8H2,1-3H3,(H,21,24,27).